The van der Waals surface area contributed by atoms with Crippen LogP contribution in [0.2, 0.25) is 0 Å². The smallest absolute Gasteiger partial charge is 0.245 e. The van der Waals surface area contributed by atoms with Gasteiger partial charge in [0.25, 0.3) is 0 Å². The summed E-state index contributed by atoms with van der Waals surface area (Å²) in [5.74, 6) is -0.201. The third-order valence-corrected chi connectivity index (χ3v) is 5.48. The second-order valence-corrected chi connectivity index (χ2v) is 7.24. The van der Waals surface area contributed by atoms with Crippen LogP contribution in [0.4, 0.5) is 4.39 Å². The molecule has 0 aliphatic heterocycles. The first-order valence-corrected chi connectivity index (χ1v) is 7.92. The average Bonchev–Trinajstić information content (AvgIpc) is 3.13. The van der Waals surface area contributed by atoms with Crippen LogP contribution in [-0.4, -0.2) is 31.3 Å². The third kappa shape index (κ3) is 2.89. The summed E-state index contributed by atoms with van der Waals surface area (Å²) in [5, 5.41) is 0. The summed E-state index contributed by atoms with van der Waals surface area (Å²) in [6, 6.07) is 1.18. The molecular formula is C11H14BrFN2O2S. The van der Waals surface area contributed by atoms with Crippen LogP contribution in [0.3, 0.4) is 0 Å². The van der Waals surface area contributed by atoms with Crippen molar-refractivity contribution < 1.29 is 12.8 Å². The Hall–Kier alpha value is -0.530. The van der Waals surface area contributed by atoms with E-state index in [0.717, 1.165) is 6.42 Å². The van der Waals surface area contributed by atoms with Crippen LogP contribution < -0.4 is 0 Å². The van der Waals surface area contributed by atoms with Crippen molar-refractivity contribution in [2.75, 3.05) is 13.6 Å². The lowest BCUT2D eigenvalue weighted by Crippen LogP contribution is -2.29. The lowest BCUT2D eigenvalue weighted by atomic mass is 10.3. The molecule has 0 saturated heterocycles. The minimum atomic E-state index is -3.77. The van der Waals surface area contributed by atoms with E-state index < -0.39 is 15.8 Å². The minimum Gasteiger partial charge on any atom is -0.246 e. The Labute approximate surface area is 114 Å². The van der Waals surface area contributed by atoms with Crippen LogP contribution in [0, 0.1) is 11.7 Å². The highest BCUT2D eigenvalue weighted by Gasteiger charge is 2.28. The van der Waals surface area contributed by atoms with E-state index in [1.807, 2.05) is 0 Å². The monoisotopic (exact) mass is 336 g/mol. The Morgan fingerprint density at radius 3 is 2.83 bits per heavy atom. The fraction of sp³-hybridized carbons (Fsp3) is 0.545. The number of pyridine rings is 1. The molecule has 7 heteroatoms. The fourth-order valence-corrected chi connectivity index (χ4v) is 3.36. The molecule has 0 atom stereocenters. The van der Waals surface area contributed by atoms with Gasteiger partial charge in [-0.1, -0.05) is 12.8 Å². The molecule has 1 aliphatic carbocycles. The molecular weight excluding hydrogens is 323 g/mol. The van der Waals surface area contributed by atoms with Crippen LogP contribution in [0.5, 0.6) is 0 Å². The number of halogens is 2. The highest BCUT2D eigenvalue weighted by Crippen LogP contribution is 2.33. The molecule has 0 unspecified atom stereocenters. The maximum Gasteiger partial charge on any atom is 0.245 e. The fourth-order valence-electron chi connectivity index (χ4n) is 1.66. The summed E-state index contributed by atoms with van der Waals surface area (Å²) in [5.41, 5.74) is 0. The van der Waals surface area contributed by atoms with Crippen LogP contribution in [0.15, 0.2) is 21.8 Å². The topological polar surface area (TPSA) is 50.3 Å². The number of sulfonamides is 1. The van der Waals surface area contributed by atoms with Gasteiger partial charge in [-0.05, 0) is 34.3 Å². The highest BCUT2D eigenvalue weighted by molar-refractivity contribution is 9.10. The largest absolute Gasteiger partial charge is 0.246 e. The number of hydrogen-bond acceptors (Lipinski definition) is 3. The summed E-state index contributed by atoms with van der Waals surface area (Å²) < 4.78 is 39.2. The van der Waals surface area contributed by atoms with Crippen molar-refractivity contribution in [3.8, 4) is 0 Å². The minimum absolute atomic E-state index is 0.0841. The van der Waals surface area contributed by atoms with E-state index in [9.17, 15) is 12.8 Å². The summed E-state index contributed by atoms with van der Waals surface area (Å²) >= 11 is 2.89. The van der Waals surface area contributed by atoms with Crippen molar-refractivity contribution in [1.82, 2.24) is 9.29 Å². The molecule has 0 spiro atoms. The maximum atomic E-state index is 13.8. The predicted octanol–water partition coefficient (Wildman–Crippen LogP) is 2.40. The molecule has 1 aliphatic rings. The third-order valence-electron chi connectivity index (χ3n) is 3.05. The van der Waals surface area contributed by atoms with Gasteiger partial charge in [-0.2, -0.15) is 0 Å². The maximum absolute atomic E-state index is 13.8. The van der Waals surface area contributed by atoms with E-state index >= 15 is 0 Å². The molecule has 2 rings (SSSR count). The second-order valence-electron chi connectivity index (χ2n) is 4.47. The van der Waals surface area contributed by atoms with Crippen molar-refractivity contribution >= 4 is 26.0 Å². The highest BCUT2D eigenvalue weighted by atomic mass is 79.9. The Kier molecular flexibility index (Phi) is 4.03. The normalized spacial score (nSPS) is 16.2. The zero-order valence-corrected chi connectivity index (χ0v) is 12.3. The molecule has 0 amide bonds. The van der Waals surface area contributed by atoms with Gasteiger partial charge in [0.1, 0.15) is 9.50 Å². The molecule has 0 bridgehead atoms. The Morgan fingerprint density at radius 1 is 1.56 bits per heavy atom. The SMILES string of the molecule is CN(CCC1CC1)S(=O)(=O)c1ccnc(Br)c1F. The van der Waals surface area contributed by atoms with Crippen LogP contribution in [0.1, 0.15) is 19.3 Å². The van der Waals surface area contributed by atoms with Gasteiger partial charge in [0, 0.05) is 19.8 Å². The molecule has 1 aromatic heterocycles. The lowest BCUT2D eigenvalue weighted by Gasteiger charge is -2.17. The van der Waals surface area contributed by atoms with E-state index in [2.05, 4.69) is 20.9 Å². The molecule has 1 heterocycles. The molecule has 4 nitrogen and oxygen atoms in total. The van der Waals surface area contributed by atoms with Gasteiger partial charge in [-0.15, -0.1) is 0 Å². The van der Waals surface area contributed by atoms with Crippen molar-refractivity contribution in [2.45, 2.75) is 24.2 Å². The molecule has 100 valence electrons. The second kappa shape index (κ2) is 5.22. The summed E-state index contributed by atoms with van der Waals surface area (Å²) in [6.45, 7) is 0.423. The van der Waals surface area contributed by atoms with E-state index in [0.29, 0.717) is 12.5 Å². The van der Waals surface area contributed by atoms with Gasteiger partial charge >= 0.3 is 0 Å². The average molecular weight is 337 g/mol. The Balaban J connectivity index is 2.20. The van der Waals surface area contributed by atoms with Crippen molar-refractivity contribution in [1.29, 1.82) is 0 Å². The zero-order valence-electron chi connectivity index (χ0n) is 9.94. The van der Waals surface area contributed by atoms with Crippen LogP contribution in [-0.2, 0) is 10.0 Å². The molecule has 0 radical (unpaired) electrons. The first-order valence-electron chi connectivity index (χ1n) is 5.69. The Morgan fingerprint density at radius 2 is 2.22 bits per heavy atom. The number of rotatable bonds is 5. The van der Waals surface area contributed by atoms with Gasteiger partial charge in [-0.3, -0.25) is 0 Å². The molecule has 1 fully saturated rings. The first kappa shape index (κ1) is 13.9. The van der Waals surface area contributed by atoms with E-state index in [-0.39, 0.29) is 9.50 Å². The molecule has 0 N–H and O–H groups in total. The summed E-state index contributed by atoms with van der Waals surface area (Å²) in [4.78, 5) is 3.32. The van der Waals surface area contributed by atoms with Crippen LogP contribution in [0.25, 0.3) is 0 Å². The quantitative estimate of drug-likeness (QED) is 0.776. The van der Waals surface area contributed by atoms with Crippen LogP contribution >= 0.6 is 15.9 Å². The van der Waals surface area contributed by atoms with Crippen molar-refractivity contribution in [3.63, 3.8) is 0 Å². The standard InChI is InChI=1S/C11H14BrFN2O2S/c1-15(7-5-8-2-3-8)18(16,17)9-4-6-14-11(12)10(9)13/h4,6,8H,2-3,5,7H2,1H3. The van der Waals surface area contributed by atoms with E-state index in [1.165, 1.54) is 36.5 Å². The molecule has 1 aromatic rings. The van der Waals surface area contributed by atoms with Gasteiger partial charge < -0.3 is 0 Å². The van der Waals surface area contributed by atoms with E-state index in [1.54, 1.807) is 0 Å². The van der Waals surface area contributed by atoms with Gasteiger partial charge in [0.05, 0.1) is 0 Å². The van der Waals surface area contributed by atoms with Crippen molar-refractivity contribution in [2.24, 2.45) is 5.92 Å². The molecule has 0 aromatic carbocycles. The first-order chi connectivity index (χ1) is 8.43. The zero-order chi connectivity index (χ0) is 13.3. The number of nitrogens with zero attached hydrogens (tertiary/aromatic N) is 2. The van der Waals surface area contributed by atoms with E-state index in [4.69, 9.17) is 0 Å². The van der Waals surface area contributed by atoms with Gasteiger partial charge in [0.2, 0.25) is 10.0 Å². The molecule has 18 heavy (non-hydrogen) atoms. The lowest BCUT2D eigenvalue weighted by molar-refractivity contribution is 0.444. The van der Waals surface area contributed by atoms with Crippen molar-refractivity contribution in [3.05, 3.63) is 22.7 Å². The predicted molar refractivity (Wildman–Crippen MR) is 69.1 cm³/mol. The Bertz CT molecular complexity index is 546. The number of hydrogen-bond donors (Lipinski definition) is 0. The summed E-state index contributed by atoms with van der Waals surface area (Å²) in [7, 11) is -2.29. The van der Waals surface area contributed by atoms with Gasteiger partial charge in [0.15, 0.2) is 5.82 Å². The number of aromatic nitrogens is 1. The summed E-state index contributed by atoms with van der Waals surface area (Å²) in [6.07, 6.45) is 4.45. The molecule has 1 saturated carbocycles. The van der Waals surface area contributed by atoms with Gasteiger partial charge in [-0.25, -0.2) is 22.1 Å².